The van der Waals surface area contributed by atoms with Crippen LogP contribution in [0.4, 0.5) is 29.3 Å². The molecule has 1 heterocycles. The Balaban J connectivity index is 1.39. The van der Waals surface area contributed by atoms with E-state index in [4.69, 9.17) is 0 Å². The van der Waals surface area contributed by atoms with Crippen LogP contribution in [-0.2, 0) is 11.3 Å². The van der Waals surface area contributed by atoms with E-state index in [9.17, 15) is 27.6 Å². The van der Waals surface area contributed by atoms with Crippen LogP contribution in [0.5, 0.6) is 0 Å². The van der Waals surface area contributed by atoms with Crippen molar-refractivity contribution < 1.29 is 27.6 Å². The predicted octanol–water partition coefficient (Wildman–Crippen LogP) is 5.79. The zero-order valence-corrected chi connectivity index (χ0v) is 24.8. The van der Waals surface area contributed by atoms with Gasteiger partial charge in [-0.3, -0.25) is 19.4 Å². The number of hydrogen-bond acceptors (Lipinski definition) is 4. The second-order valence-corrected chi connectivity index (χ2v) is 12.4. The number of rotatable bonds is 6. The molecule has 0 aromatic heterocycles. The van der Waals surface area contributed by atoms with Crippen molar-refractivity contribution >= 4 is 29.2 Å². The highest BCUT2D eigenvalue weighted by molar-refractivity contribution is 5.98. The van der Waals surface area contributed by atoms with Crippen LogP contribution >= 0.6 is 0 Å². The van der Waals surface area contributed by atoms with Gasteiger partial charge < -0.3 is 15.5 Å². The molecule has 1 saturated heterocycles. The molecule has 4 rings (SSSR count). The summed E-state index contributed by atoms with van der Waals surface area (Å²) in [7, 11) is 0. The average molecular weight is 588 g/mol. The maximum Gasteiger partial charge on any atom is 0.471 e. The number of amides is 4. The number of piperazine rings is 1. The van der Waals surface area contributed by atoms with Crippen molar-refractivity contribution in [2.75, 3.05) is 23.3 Å². The summed E-state index contributed by atoms with van der Waals surface area (Å²) in [6.07, 6.45) is -1.87. The first kappa shape index (κ1) is 31.3. The van der Waals surface area contributed by atoms with Crippen LogP contribution in [0.2, 0.25) is 0 Å². The molecule has 2 aromatic rings. The topological polar surface area (TPSA) is 85.0 Å². The Bertz CT molecular complexity index is 1280. The van der Waals surface area contributed by atoms with Crippen LogP contribution in [0, 0.1) is 0 Å². The molecule has 42 heavy (non-hydrogen) atoms. The molecule has 0 unspecified atom stereocenters. The van der Waals surface area contributed by atoms with Crippen LogP contribution < -0.4 is 15.5 Å². The molecule has 1 aliphatic heterocycles. The van der Waals surface area contributed by atoms with Crippen molar-refractivity contribution in [2.45, 2.75) is 90.3 Å². The summed E-state index contributed by atoms with van der Waals surface area (Å²) in [4.78, 5) is 42.5. The predicted molar refractivity (Wildman–Crippen MR) is 156 cm³/mol. The second-order valence-electron chi connectivity index (χ2n) is 12.4. The molecular weight excluding hydrogens is 547 g/mol. The monoisotopic (exact) mass is 587 g/mol. The van der Waals surface area contributed by atoms with Crippen molar-refractivity contribution in [3.8, 4) is 0 Å². The molecule has 0 spiro atoms. The number of carbonyl (C=O) groups is 3. The molecule has 0 radical (unpaired) electrons. The Morgan fingerprint density at radius 2 is 1.57 bits per heavy atom. The van der Waals surface area contributed by atoms with Crippen molar-refractivity contribution in [3.05, 3.63) is 59.7 Å². The lowest BCUT2D eigenvalue weighted by Gasteiger charge is -2.44. The van der Waals surface area contributed by atoms with Gasteiger partial charge in [-0.1, -0.05) is 12.1 Å². The Morgan fingerprint density at radius 1 is 0.952 bits per heavy atom. The lowest BCUT2D eigenvalue weighted by atomic mass is 9.93. The van der Waals surface area contributed by atoms with Crippen LogP contribution in [0.1, 0.15) is 69.8 Å². The summed E-state index contributed by atoms with van der Waals surface area (Å²) >= 11 is 0. The van der Waals surface area contributed by atoms with Gasteiger partial charge in [0.25, 0.3) is 5.91 Å². The fourth-order valence-corrected chi connectivity index (χ4v) is 5.56. The van der Waals surface area contributed by atoms with Crippen molar-refractivity contribution in [3.63, 3.8) is 0 Å². The lowest BCUT2D eigenvalue weighted by Crippen LogP contribution is -2.57. The number of urea groups is 1. The van der Waals surface area contributed by atoms with Crippen molar-refractivity contribution in [1.82, 2.24) is 15.1 Å². The number of halogens is 3. The van der Waals surface area contributed by atoms with Gasteiger partial charge in [-0.2, -0.15) is 13.2 Å². The van der Waals surface area contributed by atoms with E-state index in [1.54, 1.807) is 62.1 Å². The fourth-order valence-electron chi connectivity index (χ4n) is 5.56. The number of nitrogens with one attached hydrogen (secondary N) is 2. The van der Waals surface area contributed by atoms with Gasteiger partial charge in [0.2, 0.25) is 0 Å². The second kappa shape index (κ2) is 12.3. The summed E-state index contributed by atoms with van der Waals surface area (Å²) in [5.74, 6) is -2.01. The van der Waals surface area contributed by atoms with E-state index in [-0.39, 0.29) is 35.8 Å². The fraction of sp³-hybridized carbons (Fsp3) is 0.516. The standard InChI is InChI=1S/C31H40F3N5O3/c1-20-17-37(27(40)23-12-14-25(15-13-23)36-29(42)35-24-9-7-10-24)18-21(2)38(20)19-22-8-6-11-26(16-22)39(30(3,4)5)28(41)31(32,33)34/h6,8,11-16,20-21,24H,7,9-10,17-19H2,1-5H3,(H2,35,36,42)/t20-,21+. The van der Waals surface area contributed by atoms with E-state index in [0.29, 0.717) is 30.9 Å². The quantitative estimate of drug-likeness (QED) is 0.448. The largest absolute Gasteiger partial charge is 0.471 e. The smallest absolute Gasteiger partial charge is 0.336 e. The Morgan fingerprint density at radius 3 is 2.10 bits per heavy atom. The minimum Gasteiger partial charge on any atom is -0.336 e. The summed E-state index contributed by atoms with van der Waals surface area (Å²) in [5.41, 5.74) is 1.03. The zero-order valence-electron chi connectivity index (χ0n) is 24.8. The van der Waals surface area contributed by atoms with Gasteiger partial charge in [0.1, 0.15) is 0 Å². The van der Waals surface area contributed by atoms with Gasteiger partial charge in [0.15, 0.2) is 0 Å². The highest BCUT2D eigenvalue weighted by atomic mass is 19.4. The number of alkyl halides is 3. The maximum atomic E-state index is 13.4. The Labute approximate surface area is 245 Å². The summed E-state index contributed by atoms with van der Waals surface area (Å²) in [6, 6.07) is 13.4. The van der Waals surface area contributed by atoms with Crippen molar-refractivity contribution in [2.24, 2.45) is 0 Å². The maximum absolute atomic E-state index is 13.4. The number of benzene rings is 2. The van der Waals surface area contributed by atoms with Crippen LogP contribution in [0.15, 0.2) is 48.5 Å². The van der Waals surface area contributed by atoms with Crippen LogP contribution in [-0.4, -0.2) is 70.6 Å². The molecule has 2 aromatic carbocycles. The third-order valence-electron chi connectivity index (χ3n) is 7.87. The van der Waals surface area contributed by atoms with E-state index >= 15 is 0 Å². The Hall–Kier alpha value is -3.60. The van der Waals surface area contributed by atoms with Crippen LogP contribution in [0.3, 0.4) is 0 Å². The molecule has 2 fully saturated rings. The van der Waals surface area contributed by atoms with E-state index in [1.807, 2.05) is 19.9 Å². The molecule has 0 bridgehead atoms. The zero-order chi connectivity index (χ0) is 30.8. The molecule has 11 heteroatoms. The summed E-state index contributed by atoms with van der Waals surface area (Å²) < 4.78 is 40.2. The third kappa shape index (κ3) is 7.42. The summed E-state index contributed by atoms with van der Waals surface area (Å²) in [5, 5.41) is 5.72. The van der Waals surface area contributed by atoms with Gasteiger partial charge in [0, 0.05) is 60.2 Å². The molecule has 228 valence electrons. The highest BCUT2D eigenvalue weighted by Crippen LogP contribution is 2.31. The molecule has 2 atom stereocenters. The SMILES string of the molecule is C[C@@H]1CN(C(=O)c2ccc(NC(=O)NC3CCC3)cc2)C[C@H](C)N1Cc1cccc(N(C(=O)C(F)(F)F)C(C)(C)C)c1. The molecule has 8 nitrogen and oxygen atoms in total. The molecule has 1 aliphatic carbocycles. The number of hydrogen-bond donors (Lipinski definition) is 2. The average Bonchev–Trinajstić information content (AvgIpc) is 2.87. The first-order chi connectivity index (χ1) is 19.6. The first-order valence-corrected chi connectivity index (χ1v) is 14.4. The highest BCUT2D eigenvalue weighted by Gasteiger charge is 2.46. The molecular formula is C31H40F3N5O3. The third-order valence-corrected chi connectivity index (χ3v) is 7.87. The normalized spacial score (nSPS) is 20.0. The number of carbonyl (C=O) groups excluding carboxylic acids is 3. The lowest BCUT2D eigenvalue weighted by molar-refractivity contribution is -0.171. The minimum absolute atomic E-state index is 0.0203. The van der Waals surface area contributed by atoms with E-state index in [0.717, 1.165) is 29.7 Å². The first-order valence-electron chi connectivity index (χ1n) is 14.4. The molecule has 4 amide bonds. The van der Waals surface area contributed by atoms with Crippen molar-refractivity contribution in [1.29, 1.82) is 0 Å². The van der Waals surface area contributed by atoms with E-state index in [2.05, 4.69) is 15.5 Å². The van der Waals surface area contributed by atoms with Gasteiger partial charge in [-0.25, -0.2) is 4.79 Å². The van der Waals surface area contributed by atoms with E-state index < -0.39 is 17.6 Å². The minimum atomic E-state index is -4.99. The van der Waals surface area contributed by atoms with Gasteiger partial charge in [-0.15, -0.1) is 0 Å². The van der Waals surface area contributed by atoms with Gasteiger partial charge in [0.05, 0.1) is 0 Å². The van der Waals surface area contributed by atoms with Gasteiger partial charge >= 0.3 is 18.1 Å². The van der Waals surface area contributed by atoms with Crippen LogP contribution in [0.25, 0.3) is 0 Å². The van der Waals surface area contributed by atoms with E-state index in [1.165, 1.54) is 6.07 Å². The number of nitrogens with zero attached hydrogens (tertiary/aromatic N) is 3. The molecule has 2 N–H and O–H groups in total. The summed E-state index contributed by atoms with van der Waals surface area (Å²) in [6.45, 7) is 10.2. The van der Waals surface area contributed by atoms with Gasteiger partial charge in [-0.05, 0) is 95.8 Å². The molecule has 2 aliphatic rings. The Kier molecular flexibility index (Phi) is 9.20. The molecule has 1 saturated carbocycles. The number of anilines is 2.